The number of Topliss-reactive ketones (excluding diaryl/α,β-unsaturated/α-hetero) is 1. The molecule has 5 heteroatoms. The Morgan fingerprint density at radius 2 is 1.59 bits per heavy atom. The Morgan fingerprint density at radius 1 is 1.04 bits per heavy atom. The summed E-state index contributed by atoms with van der Waals surface area (Å²) in [4.78, 5) is 30.5. The third-order valence-electron chi connectivity index (χ3n) is 6.48. The van der Waals surface area contributed by atoms with Gasteiger partial charge in [-0.25, -0.2) is 0 Å². The molecule has 5 nitrogen and oxygen atoms in total. The summed E-state index contributed by atoms with van der Waals surface area (Å²) in [5, 5.41) is 0. The SMILES string of the molecule is CC(=O)c1ccc(N2CC[NH+]([C@H](C)C(=O)N3[C@H](C)CCC[C@H]3C)CC2)cc1. The van der Waals surface area contributed by atoms with Crippen LogP contribution >= 0.6 is 0 Å². The number of ketones is 1. The van der Waals surface area contributed by atoms with E-state index in [4.69, 9.17) is 0 Å². The summed E-state index contributed by atoms with van der Waals surface area (Å²) >= 11 is 0. The van der Waals surface area contributed by atoms with Crippen molar-refractivity contribution in [2.24, 2.45) is 0 Å². The number of amides is 1. The number of carbonyl (C=O) groups excluding carboxylic acids is 2. The number of likely N-dealkylation sites (tertiary alicyclic amines) is 1. The number of piperidine rings is 1. The molecular formula is C22H34N3O2+. The third kappa shape index (κ3) is 4.34. The van der Waals surface area contributed by atoms with Gasteiger partial charge in [0, 0.05) is 23.3 Å². The zero-order valence-corrected chi connectivity index (χ0v) is 17.2. The van der Waals surface area contributed by atoms with Crippen LogP contribution in [0.5, 0.6) is 0 Å². The van der Waals surface area contributed by atoms with E-state index < -0.39 is 0 Å². The number of hydrogen-bond acceptors (Lipinski definition) is 3. The summed E-state index contributed by atoms with van der Waals surface area (Å²) in [6.45, 7) is 11.9. The van der Waals surface area contributed by atoms with Crippen LogP contribution in [0.3, 0.4) is 0 Å². The summed E-state index contributed by atoms with van der Waals surface area (Å²) < 4.78 is 0. The number of quaternary nitrogens is 1. The summed E-state index contributed by atoms with van der Waals surface area (Å²) in [6, 6.07) is 8.63. The van der Waals surface area contributed by atoms with Crippen molar-refractivity contribution in [1.29, 1.82) is 0 Å². The number of piperazine rings is 1. The lowest BCUT2D eigenvalue weighted by Gasteiger charge is -2.42. The lowest BCUT2D eigenvalue weighted by atomic mass is 9.96. The lowest BCUT2D eigenvalue weighted by Crippen LogP contribution is -3.19. The maximum absolute atomic E-state index is 13.1. The van der Waals surface area contributed by atoms with E-state index in [0.717, 1.165) is 50.3 Å². The maximum atomic E-state index is 13.1. The predicted octanol–water partition coefficient (Wildman–Crippen LogP) is 1.77. The summed E-state index contributed by atoms with van der Waals surface area (Å²) in [5.41, 5.74) is 1.92. The number of nitrogens with zero attached hydrogens (tertiary/aromatic N) is 2. The maximum Gasteiger partial charge on any atom is 0.281 e. The van der Waals surface area contributed by atoms with Crippen LogP contribution in [0, 0.1) is 0 Å². The minimum absolute atomic E-state index is 0.0234. The molecule has 0 saturated carbocycles. The Bertz CT molecular complexity index is 655. The predicted molar refractivity (Wildman–Crippen MR) is 108 cm³/mol. The second kappa shape index (κ2) is 8.42. The highest BCUT2D eigenvalue weighted by Crippen LogP contribution is 2.23. The van der Waals surface area contributed by atoms with Crippen LogP contribution in [-0.2, 0) is 4.79 Å². The molecule has 2 aliphatic heterocycles. The Kier molecular flexibility index (Phi) is 6.20. The van der Waals surface area contributed by atoms with E-state index in [1.807, 2.05) is 24.3 Å². The second-order valence-electron chi connectivity index (χ2n) is 8.34. The van der Waals surface area contributed by atoms with Crippen molar-refractivity contribution >= 4 is 17.4 Å². The molecule has 2 saturated heterocycles. The second-order valence-corrected chi connectivity index (χ2v) is 8.34. The number of carbonyl (C=O) groups is 2. The van der Waals surface area contributed by atoms with Gasteiger partial charge in [0.25, 0.3) is 5.91 Å². The van der Waals surface area contributed by atoms with Crippen LogP contribution in [0.15, 0.2) is 24.3 Å². The van der Waals surface area contributed by atoms with Gasteiger partial charge in [-0.3, -0.25) is 9.59 Å². The first-order valence-corrected chi connectivity index (χ1v) is 10.4. The van der Waals surface area contributed by atoms with Crippen molar-refractivity contribution in [3.8, 4) is 0 Å². The van der Waals surface area contributed by atoms with Crippen molar-refractivity contribution in [2.75, 3.05) is 31.1 Å². The molecule has 2 aliphatic rings. The van der Waals surface area contributed by atoms with E-state index in [1.54, 1.807) is 6.92 Å². The van der Waals surface area contributed by atoms with Crippen LogP contribution in [0.2, 0.25) is 0 Å². The number of rotatable bonds is 4. The summed E-state index contributed by atoms with van der Waals surface area (Å²) in [7, 11) is 0. The molecule has 0 aliphatic carbocycles. The fourth-order valence-corrected chi connectivity index (χ4v) is 4.65. The molecule has 0 bridgehead atoms. The largest absolute Gasteiger partial charge is 0.360 e. The Labute approximate surface area is 163 Å². The Balaban J connectivity index is 1.58. The third-order valence-corrected chi connectivity index (χ3v) is 6.48. The molecule has 3 atom stereocenters. The van der Waals surface area contributed by atoms with Gasteiger partial charge in [-0.15, -0.1) is 0 Å². The van der Waals surface area contributed by atoms with E-state index in [2.05, 4.69) is 30.6 Å². The van der Waals surface area contributed by atoms with Gasteiger partial charge in [-0.1, -0.05) is 0 Å². The molecule has 1 aromatic carbocycles. The molecule has 0 radical (unpaired) electrons. The molecule has 2 fully saturated rings. The number of hydrogen-bond donors (Lipinski definition) is 1. The van der Waals surface area contributed by atoms with Gasteiger partial charge in [0.05, 0.1) is 26.2 Å². The quantitative estimate of drug-likeness (QED) is 0.820. The van der Waals surface area contributed by atoms with Crippen LogP contribution in [0.25, 0.3) is 0 Å². The van der Waals surface area contributed by atoms with Crippen LogP contribution < -0.4 is 9.80 Å². The molecule has 0 unspecified atom stereocenters. The van der Waals surface area contributed by atoms with Gasteiger partial charge in [0.15, 0.2) is 11.8 Å². The first kappa shape index (κ1) is 19.9. The zero-order chi connectivity index (χ0) is 19.6. The number of nitrogens with one attached hydrogen (secondary N) is 1. The van der Waals surface area contributed by atoms with Gasteiger partial charge in [-0.2, -0.15) is 0 Å². The molecule has 1 N–H and O–H groups in total. The normalized spacial score (nSPS) is 25.3. The van der Waals surface area contributed by atoms with E-state index in [9.17, 15) is 9.59 Å². The van der Waals surface area contributed by atoms with E-state index in [-0.39, 0.29) is 11.8 Å². The van der Waals surface area contributed by atoms with Crippen molar-refractivity contribution in [2.45, 2.75) is 65.1 Å². The lowest BCUT2D eigenvalue weighted by molar-refractivity contribution is -0.915. The van der Waals surface area contributed by atoms with Crippen LogP contribution in [-0.4, -0.2) is 60.9 Å². The van der Waals surface area contributed by atoms with Crippen LogP contribution in [0.4, 0.5) is 5.69 Å². The van der Waals surface area contributed by atoms with E-state index in [0.29, 0.717) is 18.0 Å². The fourth-order valence-electron chi connectivity index (χ4n) is 4.65. The highest BCUT2D eigenvalue weighted by Gasteiger charge is 2.37. The highest BCUT2D eigenvalue weighted by molar-refractivity contribution is 5.94. The molecule has 1 amide bonds. The number of benzene rings is 1. The van der Waals surface area contributed by atoms with Crippen molar-refractivity contribution in [1.82, 2.24) is 4.90 Å². The summed E-state index contributed by atoms with van der Waals surface area (Å²) in [5.74, 6) is 0.424. The Hall–Kier alpha value is -1.88. The minimum Gasteiger partial charge on any atom is -0.360 e. The van der Waals surface area contributed by atoms with Gasteiger partial charge >= 0.3 is 0 Å². The van der Waals surface area contributed by atoms with Gasteiger partial charge < -0.3 is 14.7 Å². The standard InChI is InChI=1S/C22H33N3O2/c1-16-6-5-7-17(2)25(16)22(27)18(3)23-12-14-24(15-13-23)21-10-8-20(9-11-21)19(4)26/h8-11,16-18H,5-7,12-15H2,1-4H3/p+1/t16-,17-,18-/m1/s1. The smallest absolute Gasteiger partial charge is 0.281 e. The van der Waals surface area contributed by atoms with Crippen molar-refractivity contribution in [3.05, 3.63) is 29.8 Å². The minimum atomic E-state index is 0.0234. The number of anilines is 1. The first-order valence-electron chi connectivity index (χ1n) is 10.4. The van der Waals surface area contributed by atoms with Crippen molar-refractivity contribution < 1.29 is 14.5 Å². The van der Waals surface area contributed by atoms with E-state index in [1.165, 1.54) is 11.3 Å². The fraction of sp³-hybridized carbons (Fsp3) is 0.636. The molecule has 0 spiro atoms. The Morgan fingerprint density at radius 3 is 2.11 bits per heavy atom. The van der Waals surface area contributed by atoms with Gasteiger partial charge in [0.1, 0.15) is 0 Å². The molecule has 0 aromatic heterocycles. The molecule has 148 valence electrons. The van der Waals surface area contributed by atoms with Crippen LogP contribution in [0.1, 0.15) is 57.3 Å². The summed E-state index contributed by atoms with van der Waals surface area (Å²) in [6.07, 6.45) is 3.48. The average Bonchev–Trinajstić information content (AvgIpc) is 2.67. The highest BCUT2D eigenvalue weighted by atomic mass is 16.2. The molecule has 27 heavy (non-hydrogen) atoms. The topological polar surface area (TPSA) is 45.1 Å². The average molecular weight is 373 g/mol. The van der Waals surface area contributed by atoms with Gasteiger partial charge in [0.2, 0.25) is 0 Å². The van der Waals surface area contributed by atoms with Gasteiger partial charge in [-0.05, 0) is 71.2 Å². The monoisotopic (exact) mass is 372 g/mol. The molecular weight excluding hydrogens is 338 g/mol. The zero-order valence-electron chi connectivity index (χ0n) is 17.2. The first-order chi connectivity index (χ1) is 12.9. The van der Waals surface area contributed by atoms with E-state index >= 15 is 0 Å². The molecule has 1 aromatic rings. The van der Waals surface area contributed by atoms with Crippen molar-refractivity contribution in [3.63, 3.8) is 0 Å². The molecule has 3 rings (SSSR count). The molecule has 2 heterocycles.